The minimum atomic E-state index is -1.68. The second-order valence-electron chi connectivity index (χ2n) is 11.9. The van der Waals surface area contributed by atoms with Crippen LogP contribution in [0.3, 0.4) is 0 Å². The third-order valence-corrected chi connectivity index (χ3v) is 9.50. The Hall–Kier alpha value is -1.96. The first-order valence-electron chi connectivity index (χ1n) is 14.5. The Morgan fingerprint density at radius 3 is 2.00 bits per heavy atom. The summed E-state index contributed by atoms with van der Waals surface area (Å²) in [5.41, 5.74) is 2.87. The number of ether oxygens (including phenoxy) is 6. The summed E-state index contributed by atoms with van der Waals surface area (Å²) in [7, 11) is 0. The topological polar surface area (TPSA) is 220 Å². The molecule has 15 heteroatoms. The molecular formula is C28H37NO14. The highest BCUT2D eigenvalue weighted by molar-refractivity contribution is 5.53. The molecule has 0 aromatic heterocycles. The van der Waals surface area contributed by atoms with Gasteiger partial charge in [-0.15, -0.1) is 0 Å². The average Bonchev–Trinajstić information content (AvgIpc) is 3.64. The molecule has 15 nitrogen and oxygen atoms in total. The summed E-state index contributed by atoms with van der Waals surface area (Å²) in [6.07, 6.45) is -14.6. The highest BCUT2D eigenvalue weighted by Gasteiger charge is 2.55. The van der Waals surface area contributed by atoms with Crippen LogP contribution in [0.2, 0.25) is 0 Å². The molecule has 0 saturated carbocycles. The van der Waals surface area contributed by atoms with Crippen molar-refractivity contribution in [2.75, 3.05) is 26.6 Å². The Bertz CT molecular complexity index is 1230. The summed E-state index contributed by atoms with van der Waals surface area (Å²) in [5, 5.41) is 82.6. The van der Waals surface area contributed by atoms with Crippen LogP contribution in [0, 0.1) is 0 Å². The van der Waals surface area contributed by atoms with Crippen molar-refractivity contribution in [1.29, 1.82) is 0 Å². The van der Waals surface area contributed by atoms with E-state index in [1.807, 2.05) is 18.2 Å². The maximum absolute atomic E-state index is 10.9. The smallest absolute Gasteiger partial charge is 0.231 e. The van der Waals surface area contributed by atoms with Gasteiger partial charge in [-0.2, -0.15) is 0 Å². The van der Waals surface area contributed by atoms with Crippen molar-refractivity contribution in [3.8, 4) is 11.5 Å². The van der Waals surface area contributed by atoms with Crippen LogP contribution in [-0.2, 0) is 25.5 Å². The highest BCUT2D eigenvalue weighted by atomic mass is 16.7. The van der Waals surface area contributed by atoms with Crippen LogP contribution in [0.5, 0.6) is 11.5 Å². The number of rotatable bonds is 6. The van der Waals surface area contributed by atoms with Crippen LogP contribution in [-0.4, -0.2) is 152 Å². The van der Waals surface area contributed by atoms with E-state index in [2.05, 4.69) is 4.90 Å². The summed E-state index contributed by atoms with van der Waals surface area (Å²) in [5.74, 6) is 0.714. The number of fused-ring (bicyclic) bond motifs is 3. The van der Waals surface area contributed by atoms with Crippen LogP contribution in [0.25, 0.3) is 0 Å². The molecule has 7 rings (SSSR count). The van der Waals surface area contributed by atoms with Gasteiger partial charge in [0.1, 0.15) is 54.9 Å². The number of aliphatic hydroxyl groups is 8. The molecule has 238 valence electrons. The monoisotopic (exact) mass is 611 g/mol. The van der Waals surface area contributed by atoms with Crippen LogP contribution in [0.15, 0.2) is 23.8 Å². The van der Waals surface area contributed by atoms with E-state index in [-0.39, 0.29) is 12.8 Å². The Kier molecular flexibility index (Phi) is 7.91. The fourth-order valence-electron chi connectivity index (χ4n) is 7.26. The molecule has 6 aliphatic rings. The van der Waals surface area contributed by atoms with Gasteiger partial charge in [0.25, 0.3) is 0 Å². The normalized spacial score (nSPS) is 45.4. The number of aliphatic hydroxyl groups excluding tert-OH is 8. The van der Waals surface area contributed by atoms with Gasteiger partial charge >= 0.3 is 0 Å². The first-order chi connectivity index (χ1) is 20.7. The van der Waals surface area contributed by atoms with Gasteiger partial charge in [-0.1, -0.05) is 11.6 Å². The zero-order valence-corrected chi connectivity index (χ0v) is 23.0. The van der Waals surface area contributed by atoms with E-state index in [0.29, 0.717) is 24.5 Å². The lowest BCUT2D eigenvalue weighted by molar-refractivity contribution is -0.339. The lowest BCUT2D eigenvalue weighted by atomic mass is 9.73. The van der Waals surface area contributed by atoms with Crippen LogP contribution in [0.4, 0.5) is 0 Å². The SMILES string of the molecule is OCC1OC(OC2C=C3CCN4Cc5cc6c(cc5C(C2OC2OC(CO)C(O)C(O)C2O)C34)OCO6)C(O)C(O)C1O. The summed E-state index contributed by atoms with van der Waals surface area (Å²) >= 11 is 0. The zero-order valence-electron chi connectivity index (χ0n) is 23.0. The molecule has 5 heterocycles. The maximum atomic E-state index is 10.9. The van der Waals surface area contributed by atoms with Crippen molar-refractivity contribution in [3.05, 3.63) is 34.9 Å². The van der Waals surface area contributed by atoms with E-state index in [1.54, 1.807) is 0 Å². The Morgan fingerprint density at radius 2 is 1.37 bits per heavy atom. The number of hydrogen-bond acceptors (Lipinski definition) is 15. The molecule has 43 heavy (non-hydrogen) atoms. The minimum absolute atomic E-state index is 0.0782. The maximum Gasteiger partial charge on any atom is 0.231 e. The molecule has 1 aromatic carbocycles. The molecule has 0 bridgehead atoms. The van der Waals surface area contributed by atoms with Crippen LogP contribution >= 0.6 is 0 Å². The lowest BCUT2D eigenvalue weighted by Gasteiger charge is -2.50. The molecule has 0 spiro atoms. The molecule has 3 saturated heterocycles. The van der Waals surface area contributed by atoms with Gasteiger partial charge in [0.2, 0.25) is 6.79 Å². The molecule has 5 aliphatic heterocycles. The van der Waals surface area contributed by atoms with Crippen molar-refractivity contribution >= 4 is 0 Å². The largest absolute Gasteiger partial charge is 0.454 e. The molecule has 1 aromatic rings. The van der Waals surface area contributed by atoms with Gasteiger partial charge in [0, 0.05) is 25.0 Å². The quantitative estimate of drug-likeness (QED) is 0.146. The van der Waals surface area contributed by atoms with Gasteiger partial charge in [-0.3, -0.25) is 4.90 Å². The van der Waals surface area contributed by atoms with Gasteiger partial charge < -0.3 is 69.3 Å². The van der Waals surface area contributed by atoms with Crippen molar-refractivity contribution in [2.24, 2.45) is 0 Å². The standard InChI is InChI=1S/C28H37NO14/c30-7-16-20(32)22(34)24(36)27(41-16)40-15-3-10-1-2-29-6-11-4-13-14(39-9-38-13)5-12(11)18(19(10)29)26(15)43-28-25(37)23(35)21(33)17(8-31)42-28/h3-5,15-28,30-37H,1-2,6-9H2. The van der Waals surface area contributed by atoms with Crippen molar-refractivity contribution in [2.45, 2.75) is 98.5 Å². The van der Waals surface area contributed by atoms with Gasteiger partial charge in [0.15, 0.2) is 24.1 Å². The van der Waals surface area contributed by atoms with Crippen molar-refractivity contribution in [3.63, 3.8) is 0 Å². The summed E-state index contributed by atoms with van der Waals surface area (Å²) in [4.78, 5) is 2.29. The fraction of sp³-hybridized carbons (Fsp3) is 0.714. The Labute approximate surface area is 246 Å². The minimum Gasteiger partial charge on any atom is -0.454 e. The molecule has 14 unspecified atom stereocenters. The van der Waals surface area contributed by atoms with E-state index < -0.39 is 92.8 Å². The lowest BCUT2D eigenvalue weighted by Crippen LogP contribution is -2.63. The number of benzene rings is 1. The fourth-order valence-corrected chi connectivity index (χ4v) is 7.26. The second-order valence-corrected chi connectivity index (χ2v) is 11.9. The Morgan fingerprint density at radius 1 is 0.767 bits per heavy atom. The molecule has 0 radical (unpaired) electrons. The molecule has 0 amide bonds. The van der Waals surface area contributed by atoms with Gasteiger partial charge in [-0.25, -0.2) is 0 Å². The van der Waals surface area contributed by atoms with Crippen molar-refractivity contribution < 1.29 is 69.3 Å². The zero-order chi connectivity index (χ0) is 30.2. The molecule has 14 atom stereocenters. The predicted octanol–water partition coefficient (Wildman–Crippen LogP) is -3.60. The van der Waals surface area contributed by atoms with E-state index in [1.165, 1.54) is 0 Å². The Balaban J connectivity index is 1.28. The van der Waals surface area contributed by atoms with E-state index in [0.717, 1.165) is 23.2 Å². The summed E-state index contributed by atoms with van der Waals surface area (Å²) in [6.45, 7) is 0.169. The summed E-state index contributed by atoms with van der Waals surface area (Å²) < 4.78 is 35.4. The van der Waals surface area contributed by atoms with Crippen LogP contribution < -0.4 is 9.47 Å². The van der Waals surface area contributed by atoms with Gasteiger partial charge in [0.05, 0.1) is 19.3 Å². The van der Waals surface area contributed by atoms with E-state index >= 15 is 0 Å². The van der Waals surface area contributed by atoms with Crippen LogP contribution in [0.1, 0.15) is 23.5 Å². The van der Waals surface area contributed by atoms with E-state index in [4.69, 9.17) is 28.4 Å². The summed E-state index contributed by atoms with van der Waals surface area (Å²) in [6, 6.07) is 3.66. The highest BCUT2D eigenvalue weighted by Crippen LogP contribution is 2.51. The first kappa shape index (κ1) is 29.7. The molecular weight excluding hydrogens is 574 g/mol. The second kappa shape index (κ2) is 11.4. The first-order valence-corrected chi connectivity index (χ1v) is 14.5. The third-order valence-electron chi connectivity index (χ3n) is 9.50. The van der Waals surface area contributed by atoms with Gasteiger partial charge in [-0.05, 0) is 29.7 Å². The molecule has 8 N–H and O–H groups in total. The number of hydrogen-bond donors (Lipinski definition) is 8. The molecule has 1 aliphatic carbocycles. The van der Waals surface area contributed by atoms with E-state index in [9.17, 15) is 40.9 Å². The van der Waals surface area contributed by atoms with Crippen molar-refractivity contribution in [1.82, 2.24) is 4.90 Å². The third kappa shape index (κ3) is 4.87. The number of nitrogens with zero attached hydrogens (tertiary/aromatic N) is 1. The molecule has 3 fully saturated rings. The predicted molar refractivity (Wildman–Crippen MR) is 139 cm³/mol. The average molecular weight is 612 g/mol.